The van der Waals surface area contributed by atoms with Gasteiger partial charge in [0.2, 0.25) is 0 Å². The Morgan fingerprint density at radius 2 is 2.00 bits per heavy atom. The standard InChI is InChI=1S/C16H20N4/c17-19-16-8-7-13(10-18-16)11-20-9-3-6-14-4-1-2-5-15(14)12-20/h1-2,4-5,7-8,10H,3,6,9,11-12,17H2,(H,18,19). The number of anilines is 1. The van der Waals surface area contributed by atoms with Gasteiger partial charge in [0.15, 0.2) is 0 Å². The minimum Gasteiger partial charge on any atom is -0.308 e. The summed E-state index contributed by atoms with van der Waals surface area (Å²) in [4.78, 5) is 6.75. The smallest absolute Gasteiger partial charge is 0.139 e. The van der Waals surface area contributed by atoms with Gasteiger partial charge in [-0.2, -0.15) is 0 Å². The lowest BCUT2D eigenvalue weighted by atomic mass is 10.0. The van der Waals surface area contributed by atoms with Crippen molar-refractivity contribution >= 4 is 5.82 Å². The SMILES string of the molecule is NNc1ccc(CN2CCCc3ccccc3C2)cn1. The first-order valence-electron chi connectivity index (χ1n) is 7.06. The number of aromatic nitrogens is 1. The minimum atomic E-state index is 0.704. The summed E-state index contributed by atoms with van der Waals surface area (Å²) in [7, 11) is 0. The molecule has 1 aliphatic heterocycles. The van der Waals surface area contributed by atoms with Crippen LogP contribution in [0.2, 0.25) is 0 Å². The second-order valence-corrected chi connectivity index (χ2v) is 5.28. The van der Waals surface area contributed by atoms with Gasteiger partial charge in [-0.3, -0.25) is 4.90 Å². The van der Waals surface area contributed by atoms with Gasteiger partial charge < -0.3 is 5.43 Å². The molecule has 2 heterocycles. The summed E-state index contributed by atoms with van der Waals surface area (Å²) in [5.41, 5.74) is 6.73. The van der Waals surface area contributed by atoms with Crippen LogP contribution in [-0.2, 0) is 19.5 Å². The summed E-state index contributed by atoms with van der Waals surface area (Å²) in [6, 6.07) is 12.8. The van der Waals surface area contributed by atoms with Gasteiger partial charge >= 0.3 is 0 Å². The van der Waals surface area contributed by atoms with Crippen molar-refractivity contribution in [1.82, 2.24) is 9.88 Å². The molecule has 0 unspecified atom stereocenters. The Morgan fingerprint density at radius 1 is 1.15 bits per heavy atom. The molecule has 0 spiro atoms. The summed E-state index contributed by atoms with van der Waals surface area (Å²) in [6.45, 7) is 3.09. The van der Waals surface area contributed by atoms with Crippen LogP contribution in [0.25, 0.3) is 0 Å². The van der Waals surface area contributed by atoms with Crippen molar-refractivity contribution in [1.29, 1.82) is 0 Å². The Morgan fingerprint density at radius 3 is 2.75 bits per heavy atom. The second-order valence-electron chi connectivity index (χ2n) is 5.28. The Hall–Kier alpha value is -1.91. The van der Waals surface area contributed by atoms with E-state index in [4.69, 9.17) is 5.84 Å². The molecule has 0 saturated heterocycles. The van der Waals surface area contributed by atoms with Crippen molar-refractivity contribution < 1.29 is 0 Å². The van der Waals surface area contributed by atoms with Crippen molar-refractivity contribution in [3.05, 3.63) is 59.3 Å². The molecular formula is C16H20N4. The molecule has 3 rings (SSSR count). The molecule has 3 N–H and O–H groups in total. The van der Waals surface area contributed by atoms with Crippen LogP contribution in [0.4, 0.5) is 5.82 Å². The highest BCUT2D eigenvalue weighted by atomic mass is 15.2. The third kappa shape index (κ3) is 2.98. The number of nitrogen functional groups attached to an aromatic ring is 1. The quantitative estimate of drug-likeness (QED) is 0.662. The average molecular weight is 268 g/mol. The molecule has 1 aliphatic rings. The lowest BCUT2D eigenvalue weighted by Gasteiger charge is -2.20. The maximum absolute atomic E-state index is 5.33. The molecular weight excluding hydrogens is 248 g/mol. The van der Waals surface area contributed by atoms with Gasteiger partial charge in [0, 0.05) is 19.3 Å². The van der Waals surface area contributed by atoms with Crippen molar-refractivity contribution in [2.75, 3.05) is 12.0 Å². The van der Waals surface area contributed by atoms with Crippen LogP contribution >= 0.6 is 0 Å². The molecule has 0 atom stereocenters. The zero-order valence-corrected chi connectivity index (χ0v) is 11.5. The summed E-state index contributed by atoms with van der Waals surface area (Å²) in [5, 5.41) is 0. The van der Waals surface area contributed by atoms with Crippen LogP contribution in [-0.4, -0.2) is 16.4 Å². The number of nitrogens with zero attached hydrogens (tertiary/aromatic N) is 2. The van der Waals surface area contributed by atoms with Crippen LogP contribution < -0.4 is 11.3 Å². The van der Waals surface area contributed by atoms with Crippen molar-refractivity contribution in [2.45, 2.75) is 25.9 Å². The fourth-order valence-corrected chi connectivity index (χ4v) is 2.77. The van der Waals surface area contributed by atoms with Crippen LogP contribution in [0, 0.1) is 0 Å². The molecule has 0 radical (unpaired) electrons. The lowest BCUT2D eigenvalue weighted by Crippen LogP contribution is -2.22. The van der Waals surface area contributed by atoms with E-state index in [2.05, 4.69) is 45.6 Å². The molecule has 20 heavy (non-hydrogen) atoms. The van der Waals surface area contributed by atoms with E-state index in [-0.39, 0.29) is 0 Å². The fraction of sp³-hybridized carbons (Fsp3) is 0.312. The zero-order valence-electron chi connectivity index (χ0n) is 11.5. The maximum Gasteiger partial charge on any atom is 0.139 e. The topological polar surface area (TPSA) is 54.2 Å². The Labute approximate surface area is 119 Å². The van der Waals surface area contributed by atoms with Crippen LogP contribution in [0.1, 0.15) is 23.1 Å². The fourth-order valence-electron chi connectivity index (χ4n) is 2.77. The van der Waals surface area contributed by atoms with Gasteiger partial charge in [-0.1, -0.05) is 30.3 Å². The third-order valence-electron chi connectivity index (χ3n) is 3.81. The number of hydrogen-bond donors (Lipinski definition) is 2. The summed E-state index contributed by atoms with van der Waals surface area (Å²) in [5.74, 6) is 6.04. The Bertz CT molecular complexity index is 565. The monoisotopic (exact) mass is 268 g/mol. The van der Waals surface area contributed by atoms with E-state index in [1.165, 1.54) is 29.5 Å². The molecule has 0 fully saturated rings. The maximum atomic E-state index is 5.33. The van der Waals surface area contributed by atoms with E-state index in [1.54, 1.807) is 0 Å². The van der Waals surface area contributed by atoms with Crippen molar-refractivity contribution in [3.8, 4) is 0 Å². The summed E-state index contributed by atoms with van der Waals surface area (Å²) >= 11 is 0. The van der Waals surface area contributed by atoms with E-state index in [0.29, 0.717) is 5.82 Å². The van der Waals surface area contributed by atoms with E-state index in [1.807, 2.05) is 12.3 Å². The number of fused-ring (bicyclic) bond motifs is 1. The van der Waals surface area contributed by atoms with Crippen LogP contribution in [0.3, 0.4) is 0 Å². The highest BCUT2D eigenvalue weighted by Gasteiger charge is 2.14. The van der Waals surface area contributed by atoms with E-state index >= 15 is 0 Å². The molecule has 0 aliphatic carbocycles. The molecule has 2 aromatic rings. The number of hydrazine groups is 1. The van der Waals surface area contributed by atoms with Gasteiger partial charge in [-0.25, -0.2) is 10.8 Å². The molecule has 4 heteroatoms. The Balaban J connectivity index is 1.71. The number of hydrogen-bond acceptors (Lipinski definition) is 4. The normalized spacial score (nSPS) is 15.4. The average Bonchev–Trinajstić information content (AvgIpc) is 2.69. The minimum absolute atomic E-state index is 0.704. The molecule has 104 valence electrons. The van der Waals surface area contributed by atoms with Crippen molar-refractivity contribution in [3.63, 3.8) is 0 Å². The van der Waals surface area contributed by atoms with Gasteiger partial charge in [-0.05, 0) is 42.1 Å². The molecule has 0 amide bonds. The number of nitrogens with two attached hydrogens (primary N) is 1. The third-order valence-corrected chi connectivity index (χ3v) is 3.81. The van der Waals surface area contributed by atoms with Gasteiger partial charge in [0.25, 0.3) is 0 Å². The number of rotatable bonds is 3. The molecule has 4 nitrogen and oxygen atoms in total. The van der Waals surface area contributed by atoms with Gasteiger partial charge in [0.1, 0.15) is 5.82 Å². The van der Waals surface area contributed by atoms with Crippen LogP contribution in [0.5, 0.6) is 0 Å². The van der Waals surface area contributed by atoms with Crippen LogP contribution in [0.15, 0.2) is 42.6 Å². The first-order valence-corrected chi connectivity index (χ1v) is 7.06. The number of aryl methyl sites for hydroxylation is 1. The molecule has 1 aromatic heterocycles. The van der Waals surface area contributed by atoms with E-state index < -0.39 is 0 Å². The summed E-state index contributed by atoms with van der Waals surface area (Å²) < 4.78 is 0. The zero-order chi connectivity index (χ0) is 13.8. The molecule has 0 saturated carbocycles. The number of benzene rings is 1. The molecule has 1 aromatic carbocycles. The largest absolute Gasteiger partial charge is 0.308 e. The summed E-state index contributed by atoms with van der Waals surface area (Å²) in [6.07, 6.45) is 4.29. The van der Waals surface area contributed by atoms with E-state index in [0.717, 1.165) is 19.6 Å². The highest BCUT2D eigenvalue weighted by Crippen LogP contribution is 2.20. The number of nitrogens with one attached hydrogen (secondary N) is 1. The highest BCUT2D eigenvalue weighted by molar-refractivity contribution is 5.34. The molecule has 0 bridgehead atoms. The second kappa shape index (κ2) is 6.03. The van der Waals surface area contributed by atoms with Gasteiger partial charge in [-0.15, -0.1) is 0 Å². The number of pyridine rings is 1. The van der Waals surface area contributed by atoms with Crippen molar-refractivity contribution in [2.24, 2.45) is 5.84 Å². The van der Waals surface area contributed by atoms with E-state index in [9.17, 15) is 0 Å². The first kappa shape index (κ1) is 13.1. The van der Waals surface area contributed by atoms with Gasteiger partial charge in [0.05, 0.1) is 0 Å². The lowest BCUT2D eigenvalue weighted by molar-refractivity contribution is 0.261. The first-order chi connectivity index (χ1) is 9.85. The predicted octanol–water partition coefficient (Wildman–Crippen LogP) is 2.32. The Kier molecular flexibility index (Phi) is 3.95. The predicted molar refractivity (Wildman–Crippen MR) is 80.9 cm³/mol.